The van der Waals surface area contributed by atoms with E-state index in [1.807, 2.05) is 24.3 Å². The third kappa shape index (κ3) is 4.29. The summed E-state index contributed by atoms with van der Waals surface area (Å²) in [5, 5.41) is 12.1. The lowest BCUT2D eigenvalue weighted by molar-refractivity contribution is 0.326. The Morgan fingerprint density at radius 2 is 1.42 bits per heavy atom. The van der Waals surface area contributed by atoms with Crippen LogP contribution in [0.25, 0.3) is 0 Å². The first-order valence-electron chi connectivity index (χ1n) is 11.0. The Morgan fingerprint density at radius 1 is 0.818 bits per heavy atom. The van der Waals surface area contributed by atoms with Gasteiger partial charge in [0.15, 0.2) is 0 Å². The van der Waals surface area contributed by atoms with Crippen LogP contribution in [0.4, 0.5) is 11.4 Å². The van der Waals surface area contributed by atoms with E-state index >= 15 is 0 Å². The molecular weight excluding hydrogens is 448 g/mol. The fourth-order valence-corrected chi connectivity index (χ4v) is 5.66. The van der Waals surface area contributed by atoms with Gasteiger partial charge >= 0.3 is 0 Å². The molecule has 0 aromatic heterocycles. The van der Waals surface area contributed by atoms with Crippen molar-refractivity contribution in [1.29, 1.82) is 5.26 Å². The third-order valence-corrected chi connectivity index (χ3v) is 7.64. The highest BCUT2D eigenvalue weighted by molar-refractivity contribution is 8.03. The number of nitrogens with zero attached hydrogens (tertiary/aromatic N) is 4. The molecule has 0 aliphatic carbocycles. The second kappa shape index (κ2) is 9.05. The largest absolute Gasteiger partial charge is 0.344 e. The number of rotatable bonds is 3. The van der Waals surface area contributed by atoms with Crippen molar-refractivity contribution >= 4 is 34.7 Å². The SMILES string of the molecule is Cc1ccc(N2CSC3=C(C#N)[C@H](c4ccc(Cl)cc4)N(c4ccc(C)cc4)CN3C2)cc1. The predicted octanol–water partition coefficient (Wildman–Crippen LogP) is 6.68. The first-order chi connectivity index (χ1) is 16.0. The van der Waals surface area contributed by atoms with Crippen molar-refractivity contribution in [3.63, 3.8) is 0 Å². The zero-order chi connectivity index (χ0) is 22.9. The molecule has 3 aromatic carbocycles. The van der Waals surface area contributed by atoms with Crippen LogP contribution in [-0.4, -0.2) is 24.1 Å². The highest BCUT2D eigenvalue weighted by atomic mass is 35.5. The predicted molar refractivity (Wildman–Crippen MR) is 138 cm³/mol. The molecule has 5 rings (SSSR count). The number of aryl methyl sites for hydroxylation is 2. The summed E-state index contributed by atoms with van der Waals surface area (Å²) in [5.74, 6) is 0.817. The molecule has 4 nitrogen and oxygen atoms in total. The van der Waals surface area contributed by atoms with Gasteiger partial charge in [0.25, 0.3) is 0 Å². The molecule has 0 N–H and O–H groups in total. The monoisotopic (exact) mass is 472 g/mol. The van der Waals surface area contributed by atoms with Crippen molar-refractivity contribution in [2.24, 2.45) is 0 Å². The third-order valence-electron chi connectivity index (χ3n) is 6.20. The van der Waals surface area contributed by atoms with E-state index in [0.717, 1.165) is 34.4 Å². The van der Waals surface area contributed by atoms with Crippen LogP contribution < -0.4 is 9.80 Å². The molecule has 1 fully saturated rings. The minimum atomic E-state index is -0.153. The summed E-state index contributed by atoms with van der Waals surface area (Å²) in [4.78, 5) is 7.00. The maximum atomic E-state index is 10.3. The number of hydrogen-bond donors (Lipinski definition) is 0. The molecule has 2 heterocycles. The van der Waals surface area contributed by atoms with Crippen molar-refractivity contribution in [2.45, 2.75) is 19.9 Å². The van der Waals surface area contributed by atoms with Crippen LogP contribution in [0.15, 0.2) is 83.4 Å². The van der Waals surface area contributed by atoms with Crippen LogP contribution in [0.5, 0.6) is 0 Å². The number of fused-ring (bicyclic) bond motifs is 1. The standard InChI is InChI=1S/C27H25ClN4S/c1-19-3-11-23(12-4-19)31-16-30-17-32(24-13-5-20(2)6-14-24)26(21-7-9-22(28)10-8-21)25(15-29)27(30)33-18-31/h3-14,26H,16-18H2,1-2H3/t26-/m0/s1. The van der Waals surface area contributed by atoms with Crippen LogP contribution in [0.1, 0.15) is 22.7 Å². The molecule has 1 atom stereocenters. The van der Waals surface area contributed by atoms with Gasteiger partial charge < -0.3 is 14.7 Å². The maximum absolute atomic E-state index is 10.3. The van der Waals surface area contributed by atoms with Gasteiger partial charge in [-0.3, -0.25) is 0 Å². The zero-order valence-corrected chi connectivity index (χ0v) is 20.3. The molecule has 2 aliphatic rings. The summed E-state index contributed by atoms with van der Waals surface area (Å²) in [7, 11) is 0. The molecule has 6 heteroatoms. The first kappa shape index (κ1) is 21.8. The Bertz CT molecular complexity index is 1210. The Morgan fingerprint density at radius 3 is 2.03 bits per heavy atom. The van der Waals surface area contributed by atoms with Crippen LogP contribution in [0, 0.1) is 25.2 Å². The van der Waals surface area contributed by atoms with Crippen LogP contribution in [0.3, 0.4) is 0 Å². The molecule has 0 unspecified atom stereocenters. The van der Waals surface area contributed by atoms with E-state index in [1.165, 1.54) is 16.8 Å². The van der Waals surface area contributed by atoms with E-state index in [-0.39, 0.29) is 6.04 Å². The van der Waals surface area contributed by atoms with Crippen LogP contribution in [0.2, 0.25) is 5.02 Å². The Balaban J connectivity index is 1.56. The molecule has 0 radical (unpaired) electrons. The van der Waals surface area contributed by atoms with E-state index in [4.69, 9.17) is 11.6 Å². The van der Waals surface area contributed by atoms with Gasteiger partial charge in [-0.05, 0) is 55.8 Å². The van der Waals surface area contributed by atoms with Gasteiger partial charge in [0.2, 0.25) is 0 Å². The highest BCUT2D eigenvalue weighted by Gasteiger charge is 2.38. The van der Waals surface area contributed by atoms with Crippen LogP contribution >= 0.6 is 23.4 Å². The number of thioether (sulfide) groups is 1. The topological polar surface area (TPSA) is 33.5 Å². The van der Waals surface area contributed by atoms with E-state index in [0.29, 0.717) is 11.7 Å². The van der Waals surface area contributed by atoms with Gasteiger partial charge in [0.1, 0.15) is 6.07 Å². The van der Waals surface area contributed by atoms with E-state index in [1.54, 1.807) is 11.8 Å². The number of anilines is 2. The lowest BCUT2D eigenvalue weighted by atomic mass is 9.96. The normalized spacial score (nSPS) is 18.2. The molecule has 0 bridgehead atoms. The molecule has 0 saturated carbocycles. The Labute approximate surface area is 204 Å². The highest BCUT2D eigenvalue weighted by Crippen LogP contribution is 2.44. The second-order valence-electron chi connectivity index (χ2n) is 8.56. The van der Waals surface area contributed by atoms with E-state index in [2.05, 4.69) is 83.1 Å². The Kier molecular flexibility index (Phi) is 5.97. The maximum Gasteiger partial charge on any atom is 0.100 e. The molecular formula is C27H25ClN4S. The summed E-state index contributed by atoms with van der Waals surface area (Å²) in [5.41, 5.74) is 6.64. The number of halogens is 1. The summed E-state index contributed by atoms with van der Waals surface area (Å²) in [6, 6.07) is 27.5. The summed E-state index contributed by atoms with van der Waals surface area (Å²) >= 11 is 7.92. The minimum Gasteiger partial charge on any atom is -0.344 e. The quantitative estimate of drug-likeness (QED) is 0.424. The van der Waals surface area contributed by atoms with E-state index in [9.17, 15) is 5.26 Å². The lowest BCUT2D eigenvalue weighted by Gasteiger charge is -2.48. The van der Waals surface area contributed by atoms with Crippen LogP contribution in [-0.2, 0) is 0 Å². The molecule has 0 spiro atoms. The number of nitriles is 1. The number of hydrogen-bond acceptors (Lipinski definition) is 5. The van der Waals surface area contributed by atoms with Gasteiger partial charge in [0.05, 0.1) is 35.9 Å². The van der Waals surface area contributed by atoms with Crippen molar-refractivity contribution in [3.05, 3.63) is 105 Å². The fraction of sp³-hybridized carbons (Fsp3) is 0.222. The fourth-order valence-electron chi connectivity index (χ4n) is 4.42. The van der Waals surface area contributed by atoms with Gasteiger partial charge in [-0.25, -0.2) is 0 Å². The van der Waals surface area contributed by atoms with Crippen molar-refractivity contribution in [2.75, 3.05) is 29.0 Å². The molecule has 0 amide bonds. The van der Waals surface area contributed by atoms with Gasteiger partial charge in [-0.2, -0.15) is 5.26 Å². The summed E-state index contributed by atoms with van der Waals surface area (Å²) in [6.07, 6.45) is 0. The van der Waals surface area contributed by atoms with Gasteiger partial charge in [-0.1, -0.05) is 70.9 Å². The molecule has 33 heavy (non-hydrogen) atoms. The average molecular weight is 473 g/mol. The molecule has 3 aromatic rings. The first-order valence-corrected chi connectivity index (χ1v) is 12.3. The van der Waals surface area contributed by atoms with Gasteiger partial charge in [0, 0.05) is 16.4 Å². The minimum absolute atomic E-state index is 0.153. The van der Waals surface area contributed by atoms with Crippen molar-refractivity contribution in [3.8, 4) is 6.07 Å². The smallest absolute Gasteiger partial charge is 0.100 e. The average Bonchev–Trinajstić information content (AvgIpc) is 2.84. The van der Waals surface area contributed by atoms with Crippen molar-refractivity contribution in [1.82, 2.24) is 4.90 Å². The lowest BCUT2D eigenvalue weighted by Crippen LogP contribution is -2.51. The molecule has 2 aliphatic heterocycles. The number of benzene rings is 3. The Hall–Kier alpha value is -3.07. The van der Waals surface area contributed by atoms with E-state index < -0.39 is 0 Å². The molecule has 1 saturated heterocycles. The second-order valence-corrected chi connectivity index (χ2v) is 9.93. The summed E-state index contributed by atoms with van der Waals surface area (Å²) in [6.45, 7) is 5.64. The molecule has 166 valence electrons. The van der Waals surface area contributed by atoms with Gasteiger partial charge in [-0.15, -0.1) is 0 Å². The summed E-state index contributed by atoms with van der Waals surface area (Å²) < 4.78 is 0. The zero-order valence-electron chi connectivity index (χ0n) is 18.7. The van der Waals surface area contributed by atoms with Crippen molar-refractivity contribution < 1.29 is 0 Å².